The second kappa shape index (κ2) is 9.12. The normalized spacial score (nSPS) is 12.7. The van der Waals surface area contributed by atoms with Crippen LogP contribution < -0.4 is 5.43 Å². The number of rotatable bonds is 7. The Kier molecular flexibility index (Phi) is 8.44. The van der Waals surface area contributed by atoms with Crippen molar-refractivity contribution in [3.63, 3.8) is 0 Å². The van der Waals surface area contributed by atoms with Gasteiger partial charge in [0.15, 0.2) is 0 Å². The zero-order chi connectivity index (χ0) is 9.94. The lowest BCUT2D eigenvalue weighted by Crippen LogP contribution is -2.19. The van der Waals surface area contributed by atoms with Gasteiger partial charge in [-0.3, -0.25) is 0 Å². The van der Waals surface area contributed by atoms with Gasteiger partial charge in [-0.2, -0.15) is 5.10 Å². The molecule has 0 aromatic rings. The van der Waals surface area contributed by atoms with E-state index in [0.29, 0.717) is 0 Å². The Bertz CT molecular complexity index is 167. The molecule has 0 rings (SSSR count). The Morgan fingerprint density at radius 1 is 1.54 bits per heavy atom. The highest BCUT2D eigenvalue weighted by Crippen LogP contribution is 1.95. The minimum Gasteiger partial charge on any atom is -0.307 e. The maximum Gasteiger partial charge on any atom is 0.0520 e. The van der Waals surface area contributed by atoms with Crippen LogP contribution in [0.5, 0.6) is 0 Å². The van der Waals surface area contributed by atoms with Crippen LogP contribution in [0.2, 0.25) is 0 Å². The van der Waals surface area contributed by atoms with Crippen molar-refractivity contribution in [2.75, 3.05) is 0 Å². The molecular formula is C11H20N2. The summed E-state index contributed by atoms with van der Waals surface area (Å²) in [7, 11) is 0. The van der Waals surface area contributed by atoms with Crippen LogP contribution in [0.25, 0.3) is 0 Å². The van der Waals surface area contributed by atoms with Gasteiger partial charge in [0.2, 0.25) is 0 Å². The first-order valence-corrected chi connectivity index (χ1v) is 5.01. The van der Waals surface area contributed by atoms with E-state index < -0.39 is 0 Å². The summed E-state index contributed by atoms with van der Waals surface area (Å²) >= 11 is 0. The molecule has 0 heterocycles. The first-order chi connectivity index (χ1) is 6.31. The monoisotopic (exact) mass is 180 g/mol. The molecule has 2 heteroatoms. The molecule has 0 saturated heterocycles. The van der Waals surface area contributed by atoms with E-state index in [1.165, 1.54) is 19.3 Å². The highest BCUT2D eigenvalue weighted by atomic mass is 15.3. The summed E-state index contributed by atoms with van der Waals surface area (Å²) in [6.07, 6.45) is 12.6. The van der Waals surface area contributed by atoms with Gasteiger partial charge < -0.3 is 5.43 Å². The Balaban J connectivity index is 3.26. The van der Waals surface area contributed by atoms with Crippen molar-refractivity contribution < 1.29 is 0 Å². The summed E-state index contributed by atoms with van der Waals surface area (Å²) in [5.74, 6) is 2.59. The number of nitrogens with one attached hydrogen (secondary N) is 1. The predicted molar refractivity (Wildman–Crippen MR) is 58.7 cm³/mol. The Labute approximate surface area is 81.8 Å². The second-order valence-electron chi connectivity index (χ2n) is 3.25. The standard InChI is InChI=1S/C11H20N2/c1-4-6-7-8-10-12-13-11(3)9-5-2/h2,10-11,13H,4,6-9H2,1,3H3/b12-10-. The van der Waals surface area contributed by atoms with Crippen LogP contribution >= 0.6 is 0 Å². The third-order valence-electron chi connectivity index (χ3n) is 1.75. The van der Waals surface area contributed by atoms with Gasteiger partial charge >= 0.3 is 0 Å². The number of nitrogens with zero attached hydrogens (tertiary/aromatic N) is 1. The van der Waals surface area contributed by atoms with Gasteiger partial charge in [0.05, 0.1) is 6.04 Å². The smallest absolute Gasteiger partial charge is 0.0520 e. The van der Waals surface area contributed by atoms with Crippen molar-refractivity contribution in [3.8, 4) is 12.3 Å². The molecule has 0 radical (unpaired) electrons. The van der Waals surface area contributed by atoms with E-state index in [4.69, 9.17) is 6.42 Å². The number of hydrazone groups is 1. The summed E-state index contributed by atoms with van der Waals surface area (Å²) in [4.78, 5) is 0. The Morgan fingerprint density at radius 2 is 2.31 bits per heavy atom. The zero-order valence-electron chi connectivity index (χ0n) is 8.71. The third-order valence-corrected chi connectivity index (χ3v) is 1.75. The van der Waals surface area contributed by atoms with Crippen molar-refractivity contribution in [1.82, 2.24) is 5.43 Å². The molecule has 1 N–H and O–H groups in total. The summed E-state index contributed by atoms with van der Waals surface area (Å²) in [6, 6.07) is 0.285. The van der Waals surface area contributed by atoms with E-state index in [1.807, 2.05) is 13.1 Å². The van der Waals surface area contributed by atoms with Gasteiger partial charge in [-0.15, -0.1) is 12.3 Å². The first-order valence-electron chi connectivity index (χ1n) is 5.01. The van der Waals surface area contributed by atoms with E-state index >= 15 is 0 Å². The molecule has 0 aliphatic rings. The van der Waals surface area contributed by atoms with Crippen molar-refractivity contribution in [3.05, 3.63) is 0 Å². The van der Waals surface area contributed by atoms with E-state index in [1.54, 1.807) is 0 Å². The predicted octanol–water partition coefficient (Wildman–Crippen LogP) is 2.55. The fourth-order valence-electron chi connectivity index (χ4n) is 0.953. The Morgan fingerprint density at radius 3 is 2.92 bits per heavy atom. The Hall–Kier alpha value is -0.970. The molecule has 0 fully saturated rings. The molecule has 0 bridgehead atoms. The van der Waals surface area contributed by atoms with Crippen LogP contribution in [-0.4, -0.2) is 12.3 Å². The average Bonchev–Trinajstić information content (AvgIpc) is 2.11. The lowest BCUT2D eigenvalue weighted by atomic mass is 10.2. The molecule has 1 unspecified atom stereocenters. The number of unbranched alkanes of at least 4 members (excludes halogenated alkanes) is 3. The van der Waals surface area contributed by atoms with Crippen LogP contribution in [0.15, 0.2) is 5.10 Å². The summed E-state index contributed by atoms with van der Waals surface area (Å²) in [5, 5.41) is 4.09. The highest BCUT2D eigenvalue weighted by molar-refractivity contribution is 5.56. The van der Waals surface area contributed by atoms with Crippen LogP contribution in [0.4, 0.5) is 0 Å². The number of hydrogen-bond donors (Lipinski definition) is 1. The summed E-state index contributed by atoms with van der Waals surface area (Å²) < 4.78 is 0. The van der Waals surface area contributed by atoms with Crippen molar-refractivity contribution >= 4 is 6.21 Å². The zero-order valence-corrected chi connectivity index (χ0v) is 8.71. The van der Waals surface area contributed by atoms with Crippen LogP contribution in [0.3, 0.4) is 0 Å². The van der Waals surface area contributed by atoms with E-state index in [2.05, 4.69) is 23.4 Å². The van der Waals surface area contributed by atoms with Crippen LogP contribution in [0, 0.1) is 12.3 Å². The average molecular weight is 180 g/mol. The summed E-state index contributed by atoms with van der Waals surface area (Å²) in [5.41, 5.74) is 2.99. The van der Waals surface area contributed by atoms with Gasteiger partial charge in [-0.05, 0) is 19.8 Å². The topological polar surface area (TPSA) is 24.4 Å². The quantitative estimate of drug-likeness (QED) is 0.277. The molecule has 1 atom stereocenters. The van der Waals surface area contributed by atoms with Crippen molar-refractivity contribution in [1.29, 1.82) is 0 Å². The number of hydrogen-bond acceptors (Lipinski definition) is 2. The second-order valence-corrected chi connectivity index (χ2v) is 3.25. The van der Waals surface area contributed by atoms with Gasteiger partial charge in [-0.1, -0.05) is 19.8 Å². The molecule has 0 aliphatic carbocycles. The highest BCUT2D eigenvalue weighted by Gasteiger charge is 1.93. The maximum atomic E-state index is 5.16. The minimum atomic E-state index is 0.285. The molecule has 0 spiro atoms. The van der Waals surface area contributed by atoms with Crippen LogP contribution in [-0.2, 0) is 0 Å². The van der Waals surface area contributed by atoms with Crippen molar-refractivity contribution in [2.45, 2.75) is 52.0 Å². The lowest BCUT2D eigenvalue weighted by molar-refractivity contribution is 0.586. The minimum absolute atomic E-state index is 0.285. The van der Waals surface area contributed by atoms with Gasteiger partial charge in [0.1, 0.15) is 0 Å². The molecular weight excluding hydrogens is 160 g/mol. The van der Waals surface area contributed by atoms with Crippen LogP contribution in [0.1, 0.15) is 46.0 Å². The first kappa shape index (κ1) is 12.0. The van der Waals surface area contributed by atoms with Gasteiger partial charge in [-0.25, -0.2) is 0 Å². The molecule has 0 aromatic carbocycles. The SMILES string of the molecule is C#CCC(C)N/N=C\CCCCC. The van der Waals surface area contributed by atoms with E-state index in [-0.39, 0.29) is 6.04 Å². The number of terminal acetylenes is 1. The lowest BCUT2D eigenvalue weighted by Gasteiger charge is -2.05. The van der Waals surface area contributed by atoms with Gasteiger partial charge in [0.25, 0.3) is 0 Å². The fourth-order valence-corrected chi connectivity index (χ4v) is 0.953. The third kappa shape index (κ3) is 8.94. The molecule has 2 nitrogen and oxygen atoms in total. The summed E-state index contributed by atoms with van der Waals surface area (Å²) in [6.45, 7) is 4.23. The molecule has 0 aliphatic heterocycles. The fraction of sp³-hybridized carbons (Fsp3) is 0.727. The van der Waals surface area contributed by atoms with Crippen molar-refractivity contribution in [2.24, 2.45) is 5.10 Å². The molecule has 0 amide bonds. The maximum absolute atomic E-state index is 5.16. The molecule has 13 heavy (non-hydrogen) atoms. The molecule has 0 saturated carbocycles. The molecule has 0 aromatic heterocycles. The largest absolute Gasteiger partial charge is 0.307 e. The van der Waals surface area contributed by atoms with Gasteiger partial charge in [0, 0.05) is 12.6 Å². The van der Waals surface area contributed by atoms with E-state index in [0.717, 1.165) is 12.8 Å². The van der Waals surface area contributed by atoms with E-state index in [9.17, 15) is 0 Å². The molecule has 74 valence electrons.